The Hall–Kier alpha value is -1.78. The number of hydrogen-bond acceptors (Lipinski definition) is 4. The average Bonchev–Trinajstić information content (AvgIpc) is 2.63. The lowest BCUT2D eigenvalue weighted by Gasteiger charge is -2.04. The van der Waals surface area contributed by atoms with Crippen molar-refractivity contribution >= 4 is 11.4 Å². The maximum Gasteiger partial charge on any atom is 0.296 e. The second-order valence-electron chi connectivity index (χ2n) is 3.11. The van der Waals surface area contributed by atoms with E-state index in [1.807, 2.05) is 6.07 Å². The molecule has 0 fully saturated rings. The SMILES string of the molecule is COc1cc2c(c([N+](=O)[O-])c1)NCC2. The Bertz CT molecular complexity index is 390. The highest BCUT2D eigenvalue weighted by molar-refractivity contribution is 5.71. The Morgan fingerprint density at radius 1 is 1.57 bits per heavy atom. The molecular formula is C9H10N2O3. The number of anilines is 1. The van der Waals surface area contributed by atoms with Gasteiger partial charge < -0.3 is 10.1 Å². The normalized spacial score (nSPS) is 13.2. The number of hydrogen-bond donors (Lipinski definition) is 1. The second-order valence-corrected chi connectivity index (χ2v) is 3.11. The average molecular weight is 194 g/mol. The molecule has 0 unspecified atom stereocenters. The van der Waals surface area contributed by atoms with Crippen molar-refractivity contribution in [3.05, 3.63) is 27.8 Å². The van der Waals surface area contributed by atoms with Crippen LogP contribution in [0.5, 0.6) is 5.75 Å². The van der Waals surface area contributed by atoms with Crippen molar-refractivity contribution in [2.75, 3.05) is 19.0 Å². The van der Waals surface area contributed by atoms with Crippen LogP contribution in [-0.2, 0) is 6.42 Å². The summed E-state index contributed by atoms with van der Waals surface area (Å²) in [6, 6.07) is 3.28. The summed E-state index contributed by atoms with van der Waals surface area (Å²) in [5.74, 6) is 0.541. The van der Waals surface area contributed by atoms with Crippen LogP contribution in [0.25, 0.3) is 0 Å². The molecule has 0 aromatic heterocycles. The predicted molar refractivity (Wildman–Crippen MR) is 51.8 cm³/mol. The van der Waals surface area contributed by atoms with Gasteiger partial charge in [0.1, 0.15) is 11.4 Å². The molecule has 1 aliphatic heterocycles. The topological polar surface area (TPSA) is 64.4 Å². The van der Waals surface area contributed by atoms with Gasteiger partial charge in [0.25, 0.3) is 5.69 Å². The summed E-state index contributed by atoms with van der Waals surface area (Å²) < 4.78 is 5.00. The highest BCUT2D eigenvalue weighted by atomic mass is 16.6. The number of benzene rings is 1. The van der Waals surface area contributed by atoms with Crippen LogP contribution in [-0.4, -0.2) is 18.6 Å². The van der Waals surface area contributed by atoms with Gasteiger partial charge in [-0.15, -0.1) is 0 Å². The Balaban J connectivity index is 2.57. The quantitative estimate of drug-likeness (QED) is 0.573. The van der Waals surface area contributed by atoms with E-state index in [1.54, 1.807) is 0 Å². The van der Waals surface area contributed by atoms with Gasteiger partial charge in [0.15, 0.2) is 0 Å². The van der Waals surface area contributed by atoms with Gasteiger partial charge in [-0.05, 0) is 18.1 Å². The fourth-order valence-corrected chi connectivity index (χ4v) is 1.64. The molecule has 0 aliphatic carbocycles. The molecule has 0 atom stereocenters. The third-order valence-electron chi connectivity index (χ3n) is 2.30. The molecule has 0 saturated carbocycles. The largest absolute Gasteiger partial charge is 0.496 e. The highest BCUT2D eigenvalue weighted by Crippen LogP contribution is 2.36. The van der Waals surface area contributed by atoms with Crippen LogP contribution < -0.4 is 10.1 Å². The molecule has 14 heavy (non-hydrogen) atoms. The summed E-state index contributed by atoms with van der Waals surface area (Å²) in [7, 11) is 1.51. The molecule has 0 bridgehead atoms. The lowest BCUT2D eigenvalue weighted by atomic mass is 10.1. The number of rotatable bonds is 2. The van der Waals surface area contributed by atoms with Crippen LogP contribution in [0.3, 0.4) is 0 Å². The van der Waals surface area contributed by atoms with E-state index >= 15 is 0 Å². The van der Waals surface area contributed by atoms with Crippen LogP contribution in [0.2, 0.25) is 0 Å². The van der Waals surface area contributed by atoms with Gasteiger partial charge in [-0.2, -0.15) is 0 Å². The van der Waals surface area contributed by atoms with E-state index in [4.69, 9.17) is 4.74 Å². The number of fused-ring (bicyclic) bond motifs is 1. The minimum Gasteiger partial charge on any atom is -0.496 e. The van der Waals surface area contributed by atoms with E-state index in [1.165, 1.54) is 13.2 Å². The van der Waals surface area contributed by atoms with Crippen LogP contribution in [0.15, 0.2) is 12.1 Å². The third kappa shape index (κ3) is 1.26. The minimum atomic E-state index is -0.389. The van der Waals surface area contributed by atoms with Crippen molar-refractivity contribution in [2.24, 2.45) is 0 Å². The number of nitrogens with zero attached hydrogens (tertiary/aromatic N) is 1. The van der Waals surface area contributed by atoms with E-state index in [0.29, 0.717) is 11.4 Å². The minimum absolute atomic E-state index is 0.0943. The smallest absolute Gasteiger partial charge is 0.296 e. The highest BCUT2D eigenvalue weighted by Gasteiger charge is 2.23. The zero-order valence-electron chi connectivity index (χ0n) is 7.74. The summed E-state index contributed by atoms with van der Waals surface area (Å²) in [5.41, 5.74) is 1.68. The molecule has 1 aromatic rings. The molecule has 1 N–H and O–H groups in total. The van der Waals surface area contributed by atoms with Crippen LogP contribution in [0.1, 0.15) is 5.56 Å². The monoisotopic (exact) mass is 194 g/mol. The first-order valence-electron chi connectivity index (χ1n) is 4.31. The molecule has 1 heterocycles. The molecule has 0 amide bonds. The van der Waals surface area contributed by atoms with Crippen LogP contribution >= 0.6 is 0 Å². The molecule has 1 aromatic carbocycles. The molecular weight excluding hydrogens is 184 g/mol. The first-order chi connectivity index (χ1) is 6.72. The van der Waals surface area contributed by atoms with Gasteiger partial charge in [0.2, 0.25) is 0 Å². The van der Waals surface area contributed by atoms with Crippen molar-refractivity contribution in [1.82, 2.24) is 0 Å². The van der Waals surface area contributed by atoms with Crippen molar-refractivity contribution in [2.45, 2.75) is 6.42 Å². The van der Waals surface area contributed by atoms with E-state index in [2.05, 4.69) is 5.32 Å². The molecule has 0 radical (unpaired) electrons. The molecule has 74 valence electrons. The van der Waals surface area contributed by atoms with Gasteiger partial charge >= 0.3 is 0 Å². The fraction of sp³-hybridized carbons (Fsp3) is 0.333. The standard InChI is InChI=1S/C9H10N2O3/c1-14-7-4-6-2-3-10-9(6)8(5-7)11(12)13/h4-5,10H,2-3H2,1H3. The summed E-state index contributed by atoms with van der Waals surface area (Å²) >= 11 is 0. The maximum atomic E-state index is 10.7. The Labute approximate surface area is 80.8 Å². The first-order valence-corrected chi connectivity index (χ1v) is 4.31. The Morgan fingerprint density at radius 2 is 2.36 bits per heavy atom. The fourth-order valence-electron chi connectivity index (χ4n) is 1.64. The van der Waals surface area contributed by atoms with Crippen molar-refractivity contribution in [1.29, 1.82) is 0 Å². The number of ether oxygens (including phenoxy) is 1. The Kier molecular flexibility index (Phi) is 1.99. The number of nitro benzene ring substituents is 1. The van der Waals surface area contributed by atoms with E-state index in [0.717, 1.165) is 18.5 Å². The van der Waals surface area contributed by atoms with Gasteiger partial charge in [-0.3, -0.25) is 10.1 Å². The van der Waals surface area contributed by atoms with Crippen LogP contribution in [0.4, 0.5) is 11.4 Å². The predicted octanol–water partition coefficient (Wildman–Crippen LogP) is 1.57. The molecule has 0 saturated heterocycles. The molecule has 5 nitrogen and oxygen atoms in total. The number of nitro groups is 1. The summed E-state index contributed by atoms with van der Waals surface area (Å²) in [5, 5.41) is 13.7. The molecule has 1 aliphatic rings. The van der Waals surface area contributed by atoms with Gasteiger partial charge in [0.05, 0.1) is 18.1 Å². The summed E-state index contributed by atoms with van der Waals surface area (Å²) in [6.45, 7) is 0.753. The summed E-state index contributed by atoms with van der Waals surface area (Å²) in [4.78, 5) is 10.3. The lowest BCUT2D eigenvalue weighted by molar-refractivity contribution is -0.384. The van der Waals surface area contributed by atoms with Gasteiger partial charge in [-0.25, -0.2) is 0 Å². The van der Waals surface area contributed by atoms with Crippen molar-refractivity contribution in [3.8, 4) is 5.75 Å². The van der Waals surface area contributed by atoms with E-state index in [9.17, 15) is 10.1 Å². The molecule has 0 spiro atoms. The zero-order chi connectivity index (χ0) is 10.1. The maximum absolute atomic E-state index is 10.7. The van der Waals surface area contributed by atoms with Gasteiger partial charge in [-0.1, -0.05) is 0 Å². The van der Waals surface area contributed by atoms with Crippen molar-refractivity contribution < 1.29 is 9.66 Å². The van der Waals surface area contributed by atoms with E-state index in [-0.39, 0.29) is 10.6 Å². The first kappa shape index (κ1) is 8.80. The van der Waals surface area contributed by atoms with E-state index < -0.39 is 0 Å². The number of nitrogens with one attached hydrogen (secondary N) is 1. The molecule has 5 heteroatoms. The second kappa shape index (κ2) is 3.17. The lowest BCUT2D eigenvalue weighted by Crippen LogP contribution is -1.97. The van der Waals surface area contributed by atoms with Gasteiger partial charge in [0, 0.05) is 6.54 Å². The number of methoxy groups -OCH3 is 1. The molecule has 2 rings (SSSR count). The third-order valence-corrected chi connectivity index (χ3v) is 2.30. The van der Waals surface area contributed by atoms with Crippen LogP contribution in [0, 0.1) is 10.1 Å². The summed E-state index contributed by atoms with van der Waals surface area (Å²) in [6.07, 6.45) is 0.813. The zero-order valence-corrected chi connectivity index (χ0v) is 7.74. The van der Waals surface area contributed by atoms with Crippen molar-refractivity contribution in [3.63, 3.8) is 0 Å². The Morgan fingerprint density at radius 3 is 3.00 bits per heavy atom.